The van der Waals surface area contributed by atoms with Crippen LogP contribution < -0.4 is 0 Å². The molecule has 6 nitrogen and oxygen atoms in total. The molecule has 162 valence electrons. The molecule has 1 atom stereocenters. The van der Waals surface area contributed by atoms with Gasteiger partial charge in [0.1, 0.15) is 5.82 Å². The number of rotatable bonds is 2. The minimum atomic E-state index is -0.523. The van der Waals surface area contributed by atoms with E-state index in [1.165, 1.54) is 29.2 Å². The van der Waals surface area contributed by atoms with Crippen molar-refractivity contribution in [1.29, 1.82) is 0 Å². The molecule has 0 spiro atoms. The second-order valence-corrected chi connectivity index (χ2v) is 8.32. The lowest BCUT2D eigenvalue weighted by molar-refractivity contribution is -0.152. The molecule has 0 saturated carbocycles. The second kappa shape index (κ2) is 9.06. The number of hydrogen-bond donors (Lipinski definition) is 0. The number of amides is 3. The molecule has 2 saturated heterocycles. The number of hydrogen-bond acceptors (Lipinski definition) is 3. The van der Waals surface area contributed by atoms with E-state index < -0.39 is 17.6 Å². The summed E-state index contributed by atoms with van der Waals surface area (Å²) in [6.07, 6.45) is 0.806. The number of halogens is 2. The number of carbonyl (C=O) groups excluding carboxylic acids is 3. The summed E-state index contributed by atoms with van der Waals surface area (Å²) in [6.45, 7) is 2.32. The van der Waals surface area contributed by atoms with E-state index in [0.29, 0.717) is 49.9 Å². The van der Waals surface area contributed by atoms with E-state index in [1.807, 2.05) is 24.3 Å². The van der Waals surface area contributed by atoms with E-state index >= 15 is 0 Å². The molecule has 3 amide bonds. The summed E-state index contributed by atoms with van der Waals surface area (Å²) in [4.78, 5) is 42.7. The fraction of sp³-hybridized carbons (Fsp3) is 0.348. The zero-order valence-electron chi connectivity index (χ0n) is 17.0. The highest BCUT2D eigenvalue weighted by Gasteiger charge is 2.34. The van der Waals surface area contributed by atoms with E-state index in [-0.39, 0.29) is 11.8 Å². The first-order chi connectivity index (χ1) is 14.9. The highest BCUT2D eigenvalue weighted by Crippen LogP contribution is 2.28. The van der Waals surface area contributed by atoms with Crippen molar-refractivity contribution in [2.75, 3.05) is 39.3 Å². The lowest BCUT2D eigenvalue weighted by Crippen LogP contribution is -2.54. The van der Waals surface area contributed by atoms with E-state index in [9.17, 15) is 18.8 Å². The van der Waals surface area contributed by atoms with Crippen LogP contribution in [0.25, 0.3) is 0 Å². The van der Waals surface area contributed by atoms with Crippen LogP contribution in [0.3, 0.4) is 0 Å². The van der Waals surface area contributed by atoms with Gasteiger partial charge in [-0.25, -0.2) is 4.39 Å². The molecule has 0 N–H and O–H groups in total. The lowest BCUT2D eigenvalue weighted by atomic mass is 9.99. The molecule has 0 aliphatic carbocycles. The zero-order chi connectivity index (χ0) is 22.0. The van der Waals surface area contributed by atoms with Gasteiger partial charge in [0.25, 0.3) is 5.91 Å². The fourth-order valence-corrected chi connectivity index (χ4v) is 4.24. The van der Waals surface area contributed by atoms with Crippen LogP contribution in [0.2, 0.25) is 5.02 Å². The van der Waals surface area contributed by atoms with Crippen LogP contribution in [-0.2, 0) is 9.59 Å². The van der Waals surface area contributed by atoms with Gasteiger partial charge in [-0.3, -0.25) is 14.4 Å². The molecule has 0 aromatic heterocycles. The molecule has 1 unspecified atom stereocenters. The highest BCUT2D eigenvalue weighted by atomic mass is 35.5. The standard InChI is InChI=1S/C23H23ClFN3O3/c24-19-5-1-16(2-6-19)18-9-10-28(15-18)23(31)22(30)27-13-11-26(12-14-27)21(29)17-3-7-20(25)8-4-17/h1-8,18H,9-15H2. The van der Waals surface area contributed by atoms with Crippen molar-refractivity contribution < 1.29 is 18.8 Å². The van der Waals surface area contributed by atoms with Gasteiger partial charge < -0.3 is 14.7 Å². The van der Waals surface area contributed by atoms with Gasteiger partial charge >= 0.3 is 11.8 Å². The molecule has 0 bridgehead atoms. The van der Waals surface area contributed by atoms with Gasteiger partial charge in [0.15, 0.2) is 0 Å². The number of benzene rings is 2. The summed E-state index contributed by atoms with van der Waals surface area (Å²) in [6, 6.07) is 13.0. The van der Waals surface area contributed by atoms with Crippen molar-refractivity contribution in [2.24, 2.45) is 0 Å². The van der Waals surface area contributed by atoms with Crippen LogP contribution in [0, 0.1) is 5.82 Å². The maximum atomic E-state index is 13.1. The Bertz CT molecular complexity index is 973. The average molecular weight is 444 g/mol. The smallest absolute Gasteiger partial charge is 0.312 e. The zero-order valence-corrected chi connectivity index (χ0v) is 17.7. The van der Waals surface area contributed by atoms with Crippen molar-refractivity contribution >= 4 is 29.3 Å². The highest BCUT2D eigenvalue weighted by molar-refractivity contribution is 6.35. The van der Waals surface area contributed by atoms with Gasteiger partial charge in [0.05, 0.1) is 0 Å². The second-order valence-electron chi connectivity index (χ2n) is 7.88. The molecule has 2 aromatic carbocycles. The molecular weight excluding hydrogens is 421 g/mol. The van der Waals surface area contributed by atoms with E-state index in [4.69, 9.17) is 11.6 Å². The molecule has 0 radical (unpaired) electrons. The molecule has 2 fully saturated rings. The first kappa shape index (κ1) is 21.3. The Morgan fingerprint density at radius 1 is 0.774 bits per heavy atom. The quantitative estimate of drug-likeness (QED) is 0.670. The maximum absolute atomic E-state index is 13.1. The third-order valence-corrected chi connectivity index (χ3v) is 6.20. The number of piperazine rings is 1. The molecule has 8 heteroatoms. The summed E-state index contributed by atoms with van der Waals surface area (Å²) in [5.41, 5.74) is 1.52. The number of likely N-dealkylation sites (tertiary alicyclic amines) is 1. The molecule has 4 rings (SSSR count). The SMILES string of the molecule is O=C(C(=O)N1CCC(c2ccc(Cl)cc2)C1)N1CCN(C(=O)c2ccc(F)cc2)CC1. The van der Waals surface area contributed by atoms with Gasteiger partial charge in [-0.05, 0) is 48.4 Å². The largest absolute Gasteiger partial charge is 0.335 e. The van der Waals surface area contributed by atoms with E-state index in [1.54, 1.807) is 9.80 Å². The summed E-state index contributed by atoms with van der Waals surface area (Å²) in [5.74, 6) is -1.42. The van der Waals surface area contributed by atoms with Crippen LogP contribution in [-0.4, -0.2) is 71.7 Å². The van der Waals surface area contributed by atoms with Gasteiger partial charge in [-0.15, -0.1) is 0 Å². The molecule has 2 aliphatic heterocycles. The van der Waals surface area contributed by atoms with Crippen LogP contribution in [0.1, 0.15) is 28.3 Å². The Labute approximate surface area is 185 Å². The van der Waals surface area contributed by atoms with Crippen molar-refractivity contribution in [3.8, 4) is 0 Å². The normalized spacial score (nSPS) is 18.9. The van der Waals surface area contributed by atoms with E-state index in [0.717, 1.165) is 12.0 Å². The first-order valence-corrected chi connectivity index (χ1v) is 10.7. The van der Waals surface area contributed by atoms with E-state index in [2.05, 4.69) is 0 Å². The maximum Gasteiger partial charge on any atom is 0.312 e. The van der Waals surface area contributed by atoms with Crippen LogP contribution >= 0.6 is 11.6 Å². The first-order valence-electron chi connectivity index (χ1n) is 10.3. The van der Waals surface area contributed by atoms with Gasteiger partial charge in [0.2, 0.25) is 0 Å². The van der Waals surface area contributed by atoms with Gasteiger partial charge in [0, 0.05) is 55.8 Å². The Kier molecular flexibility index (Phi) is 6.23. The predicted octanol–water partition coefficient (Wildman–Crippen LogP) is 2.78. The lowest BCUT2D eigenvalue weighted by Gasteiger charge is -2.35. The Balaban J connectivity index is 1.30. The van der Waals surface area contributed by atoms with Crippen LogP contribution in [0.15, 0.2) is 48.5 Å². The Hall–Kier alpha value is -2.93. The summed E-state index contributed by atoms with van der Waals surface area (Å²) < 4.78 is 13.1. The summed E-state index contributed by atoms with van der Waals surface area (Å²) in [7, 11) is 0. The minimum Gasteiger partial charge on any atom is -0.335 e. The molecule has 2 aliphatic rings. The van der Waals surface area contributed by atoms with Crippen molar-refractivity contribution in [1.82, 2.24) is 14.7 Å². The Morgan fingerprint density at radius 2 is 1.35 bits per heavy atom. The molecule has 31 heavy (non-hydrogen) atoms. The number of carbonyl (C=O) groups is 3. The van der Waals surface area contributed by atoms with Gasteiger partial charge in [-0.2, -0.15) is 0 Å². The third kappa shape index (κ3) is 4.71. The number of nitrogens with zero attached hydrogens (tertiary/aromatic N) is 3. The third-order valence-electron chi connectivity index (χ3n) is 5.95. The average Bonchev–Trinajstić information content (AvgIpc) is 3.29. The van der Waals surface area contributed by atoms with Crippen molar-refractivity contribution in [3.05, 3.63) is 70.5 Å². The van der Waals surface area contributed by atoms with Gasteiger partial charge in [-0.1, -0.05) is 23.7 Å². The molecule has 2 heterocycles. The fourth-order valence-electron chi connectivity index (χ4n) is 4.11. The summed E-state index contributed by atoms with van der Waals surface area (Å²) >= 11 is 5.94. The Morgan fingerprint density at radius 3 is 2.00 bits per heavy atom. The summed E-state index contributed by atoms with van der Waals surface area (Å²) in [5, 5.41) is 0.668. The van der Waals surface area contributed by atoms with Crippen LogP contribution in [0.4, 0.5) is 4.39 Å². The van der Waals surface area contributed by atoms with Crippen molar-refractivity contribution in [2.45, 2.75) is 12.3 Å². The van der Waals surface area contributed by atoms with Crippen molar-refractivity contribution in [3.63, 3.8) is 0 Å². The topological polar surface area (TPSA) is 60.9 Å². The van der Waals surface area contributed by atoms with Crippen LogP contribution in [0.5, 0.6) is 0 Å². The minimum absolute atomic E-state index is 0.194. The monoisotopic (exact) mass is 443 g/mol. The molecule has 2 aromatic rings. The molecular formula is C23H23ClFN3O3. The predicted molar refractivity (Wildman–Crippen MR) is 114 cm³/mol.